The minimum Gasteiger partial charge on any atom is -0.502 e. The van der Waals surface area contributed by atoms with Crippen LogP contribution in [0.15, 0.2) is 119 Å². The first kappa shape index (κ1) is 101. The Morgan fingerprint density at radius 1 is 0.456 bits per heavy atom. The highest BCUT2D eigenvalue weighted by Gasteiger charge is 2.51. The van der Waals surface area contributed by atoms with Crippen LogP contribution < -0.4 is 32.3 Å². The predicted octanol–water partition coefficient (Wildman–Crippen LogP) is 1.82. The number of nitrogens with zero attached hydrogens (tertiary/aromatic N) is 5. The molecule has 0 aliphatic carbocycles. The van der Waals surface area contributed by atoms with Crippen molar-refractivity contribution in [3.63, 3.8) is 0 Å². The van der Waals surface area contributed by atoms with E-state index in [4.69, 9.17) is 29.4 Å². The number of carbonyl (C=O) groups is 5. The van der Waals surface area contributed by atoms with Crippen molar-refractivity contribution in [3.8, 4) is 0 Å². The molecule has 5 amide bonds. The van der Waals surface area contributed by atoms with Crippen molar-refractivity contribution in [3.05, 3.63) is 119 Å². The van der Waals surface area contributed by atoms with E-state index in [0.717, 1.165) is 24.7 Å². The number of aliphatic hydroxyl groups is 11. The lowest BCUT2D eigenvalue weighted by molar-refractivity contribution is -0.127. The average Bonchev–Trinajstić information content (AvgIpc) is 1.65. The summed E-state index contributed by atoms with van der Waals surface area (Å²) in [5.41, 5.74) is 6.22. The van der Waals surface area contributed by atoms with Crippen LogP contribution in [0, 0.1) is 0 Å². The van der Waals surface area contributed by atoms with Gasteiger partial charge in [0.15, 0.2) is 36.9 Å². The summed E-state index contributed by atoms with van der Waals surface area (Å²) < 4.78 is 28.8. The van der Waals surface area contributed by atoms with Gasteiger partial charge in [-0.05, 0) is 160 Å². The van der Waals surface area contributed by atoms with Crippen LogP contribution in [0.25, 0.3) is 0 Å². The molecule has 10 aliphatic rings. The highest BCUT2D eigenvalue weighted by Crippen LogP contribution is 2.43. The Morgan fingerprint density at radius 2 is 0.781 bits per heavy atom. The van der Waals surface area contributed by atoms with E-state index < -0.39 is 169 Å². The fraction of sp³-hybridized carbons (Fsp3) is 0.605. The summed E-state index contributed by atoms with van der Waals surface area (Å²) in [5.74, 6) is -0.537. The zero-order valence-electron chi connectivity index (χ0n) is 68.8. The molecule has 0 unspecified atom stereocenters. The molecule has 0 aromatic carbocycles. The summed E-state index contributed by atoms with van der Waals surface area (Å²) in [5, 5.41) is 123. The quantitative estimate of drug-likeness (QED) is 0.0687. The largest absolute Gasteiger partial charge is 0.502 e. The highest BCUT2D eigenvalue weighted by molar-refractivity contribution is 14.1. The van der Waals surface area contributed by atoms with Gasteiger partial charge in [0.05, 0.1) is 45.9 Å². The second-order valence-electron chi connectivity index (χ2n) is 32.6. The second-order valence-corrected chi connectivity index (χ2v) is 55.7. The van der Waals surface area contributed by atoms with Gasteiger partial charge in [-0.3, -0.25) is 24.0 Å². The number of hydrogen-bond acceptors (Lipinski definition) is 27. The van der Waals surface area contributed by atoms with Gasteiger partial charge < -0.3 is 137 Å². The molecule has 114 heavy (non-hydrogen) atoms. The second kappa shape index (κ2) is 43.4. The number of hydrogen-bond donors (Lipinski definition) is 17. The van der Waals surface area contributed by atoms with Gasteiger partial charge in [0, 0.05) is 43.7 Å². The topological polar surface area (TPSA) is 456 Å². The van der Waals surface area contributed by atoms with Crippen LogP contribution in [-0.2, 0) is 47.7 Å². The van der Waals surface area contributed by atoms with Crippen LogP contribution in [0.4, 0.5) is 0 Å². The van der Waals surface area contributed by atoms with Gasteiger partial charge in [-0.25, -0.2) is 0 Å². The fourth-order valence-electron chi connectivity index (χ4n) is 11.6. The Balaban J connectivity index is 0.000000290. The van der Waals surface area contributed by atoms with Crippen LogP contribution in [-0.4, -0.2) is 375 Å². The first-order valence-electron chi connectivity index (χ1n) is 37.3. The van der Waals surface area contributed by atoms with Gasteiger partial charge in [0.2, 0.25) is 5.91 Å². The minimum atomic E-state index is -1.26. The van der Waals surface area contributed by atoms with Crippen molar-refractivity contribution in [2.24, 2.45) is 5.73 Å². The lowest BCUT2D eigenvalue weighted by Crippen LogP contribution is -2.51. The maximum Gasteiger partial charge on any atom is 0.293 e. The molecule has 0 spiro atoms. The number of nitrogens with one attached hydrogen (secondary N) is 5. The molecular formula is C76H131IN11O21P5. The van der Waals surface area contributed by atoms with Gasteiger partial charge in [0.1, 0.15) is 90.1 Å². The van der Waals surface area contributed by atoms with Gasteiger partial charge in [-0.2, -0.15) is 0 Å². The molecule has 18 N–H and O–H groups in total. The number of ether oxygens (including phenoxy) is 5. The van der Waals surface area contributed by atoms with E-state index in [-0.39, 0.29) is 35.3 Å². The summed E-state index contributed by atoms with van der Waals surface area (Å²) in [7, 11) is 0. The standard InChI is InChI=1S/C15H25N2O4P.C14H22IN2O4P.C14H23N2O5P.C13H19N3O4.C10H16N2O4.2C5H13P/c1-9-8-17(10(2)16-14(9)20)15-13(19)12(18)11(21-15)6-7-22(3,4)5;1-8-16-13(20)9(15)7-17(8)14-12(19)11(18)10(21-14)5-6-22(2,3)4;1-8-15-13(20)9(17)7-16(8)14-12(19)11(18)10(21-14)5-6-22(2,3)4;1-7-10(17)11(18)13(20-7)16-6-9(4-3-5-14)12(19)15-8(16)2;1-5-8(14)9(15)10(16-5)12-4-3-7(13)11-6(12)2;2*1-5-6(2,3)4/h8,11-13,15,18-19H,2-3,6-7H2,1,4-5H3,(H,16,20);7,10-12,14,18-19H,1-2,5-6H2,3-4H3,(H,16,20);7,10-12,14,17-19H,1-2,5-6H2,3-4H3,(H,15,20);3-4,6-7,10-11,13,17-18H,2,5,14H2,1H3,(H,15,19);5,8-10,14-15H,2-4H2,1H3,(H,11,13);2*2,5H2,1,3-4H3/b;;;4-3+;;;/t11-,12-,13-,15-;2*10-,11-,12-,14-;7-,10-,11-,13-;5-,8-,9-,10-;;/m11111../s1. The Bertz CT molecular complexity index is 3630. The predicted molar refractivity (Wildman–Crippen MR) is 472 cm³/mol. The summed E-state index contributed by atoms with van der Waals surface area (Å²) in [6.45, 7) is 45.4. The fourth-order valence-corrected chi connectivity index (χ4v) is 14.9. The van der Waals surface area contributed by atoms with E-state index in [9.17, 15) is 80.1 Å². The number of halogens is 1. The molecule has 0 saturated carbocycles. The molecule has 0 bridgehead atoms. The summed E-state index contributed by atoms with van der Waals surface area (Å²) in [6.07, 6.45) is 20.3. The number of nitrogens with two attached hydrogens (primary N) is 1. The van der Waals surface area contributed by atoms with Crippen molar-refractivity contribution in [2.75, 3.05) is 111 Å². The smallest absolute Gasteiger partial charge is 0.293 e. The third-order valence-corrected chi connectivity index (χ3v) is 27.9. The lowest BCUT2D eigenvalue weighted by Gasteiger charge is -2.36. The van der Waals surface area contributed by atoms with E-state index in [1.165, 1.54) is 28.3 Å². The van der Waals surface area contributed by atoms with Gasteiger partial charge in [-0.1, -0.05) is 58.9 Å². The van der Waals surface area contributed by atoms with Gasteiger partial charge in [0.25, 0.3) is 23.6 Å². The monoisotopic (exact) mass is 1820 g/mol. The normalized spacial score (nSPS) is 32.0. The van der Waals surface area contributed by atoms with Crippen LogP contribution in [0.2, 0.25) is 0 Å². The van der Waals surface area contributed by atoms with Crippen LogP contribution in [0.1, 0.15) is 60.3 Å². The van der Waals surface area contributed by atoms with E-state index in [1.807, 2.05) is 22.6 Å². The van der Waals surface area contributed by atoms with Gasteiger partial charge >= 0.3 is 0 Å². The van der Waals surface area contributed by atoms with Crippen molar-refractivity contribution >= 4 is 118 Å². The molecule has 6 fully saturated rings. The minimum absolute atomic E-state index is 0.0951. The maximum absolute atomic E-state index is 11.8. The van der Waals surface area contributed by atoms with E-state index in [2.05, 4.69) is 171 Å². The number of amides is 5. The van der Waals surface area contributed by atoms with Crippen molar-refractivity contribution < 1.29 is 104 Å². The van der Waals surface area contributed by atoms with E-state index in [0.29, 0.717) is 71.0 Å². The van der Waals surface area contributed by atoms with Crippen molar-refractivity contribution in [1.29, 1.82) is 0 Å². The van der Waals surface area contributed by atoms with E-state index in [1.54, 1.807) is 60.0 Å². The summed E-state index contributed by atoms with van der Waals surface area (Å²) in [4.78, 5) is 64.9. The van der Waals surface area contributed by atoms with E-state index >= 15 is 0 Å². The first-order valence-corrected chi connectivity index (χ1v) is 53.6. The molecule has 10 aliphatic heterocycles. The molecule has 10 heterocycles. The Kier molecular flexibility index (Phi) is 38.6. The molecule has 32 nitrogen and oxygen atoms in total. The average molecular weight is 1820 g/mol. The molecule has 38 heteroatoms. The molecule has 6 saturated heterocycles. The Hall–Kier alpha value is -4.86. The van der Waals surface area contributed by atoms with Crippen molar-refractivity contribution in [2.45, 2.75) is 183 Å². The SMILES string of the molecule is C=C1NC(=O)C(/C=C/CN)=CN1[C@@H]1O[C@H](C)[C@@H](O)[C@H]1O.C=C1NC(=O)C(C)=CN1[C@@H]1O[C@H](CCP(=C)(C)C)[C@@H](O)[C@H]1O.C=C1NC(=O)C(I)=CN1[C@@H]1O[C@H](CCP(=C)(C)C)[C@@H](O)[C@H]1O.C=C1NC(=O)C(O)=CN1[C@@H]1O[C@H](CCP(=C)(C)C)[C@@H](O)[C@H]1O.C=C1NC(=O)CCN1[C@@H]1O[C@H](C)[C@@H](O)[C@H]1O.C=P(C)(C)CC.C=P(C)(C)CC. The molecule has 0 aromatic rings. The maximum atomic E-state index is 11.8. The number of carbonyl (C=O) groups excluding carboxylic acids is 5. The molecule has 0 aromatic heterocycles. The van der Waals surface area contributed by atoms with Crippen molar-refractivity contribution in [1.82, 2.24) is 51.1 Å². The summed E-state index contributed by atoms with van der Waals surface area (Å²) >= 11 is 1.90. The van der Waals surface area contributed by atoms with Crippen LogP contribution in [0.3, 0.4) is 0 Å². The van der Waals surface area contributed by atoms with Crippen LogP contribution >= 0.6 is 57.0 Å². The molecule has 10 rings (SSSR count). The zero-order chi connectivity index (χ0) is 87.1. The van der Waals surface area contributed by atoms with Gasteiger partial charge in [-0.15, -0.1) is 65.9 Å². The highest BCUT2D eigenvalue weighted by atomic mass is 127. The third kappa shape index (κ3) is 30.1. The molecular weight excluding hydrogens is 1680 g/mol. The summed E-state index contributed by atoms with van der Waals surface area (Å²) in [6, 6.07) is 0. The lowest BCUT2D eigenvalue weighted by atomic mass is 10.1. The number of rotatable bonds is 18. The van der Waals surface area contributed by atoms with Crippen LogP contribution in [0.5, 0.6) is 0 Å². The first-order chi connectivity index (χ1) is 52.4. The third-order valence-electron chi connectivity index (χ3n) is 19.3. The molecule has 20 atom stereocenters. The number of aliphatic hydroxyl groups excluding tert-OH is 11. The Morgan fingerprint density at radius 3 is 1.13 bits per heavy atom. The molecule has 648 valence electrons. The zero-order valence-corrected chi connectivity index (χ0v) is 75.4. The Labute approximate surface area is 687 Å². The molecule has 0 radical (unpaired) electrons.